The van der Waals surface area contributed by atoms with Crippen LogP contribution in [0.1, 0.15) is 10.4 Å². The van der Waals surface area contributed by atoms with E-state index in [1.165, 1.54) is 0 Å². The Morgan fingerprint density at radius 3 is 2.29 bits per heavy atom. The van der Waals surface area contributed by atoms with E-state index in [2.05, 4.69) is 5.32 Å². The number of amides is 1. The molecule has 1 heterocycles. The molecular weight excluding hydrogens is 372 g/mol. The molecule has 0 saturated heterocycles. The first-order valence-electron chi connectivity index (χ1n) is 8.81. The second-order valence-electron chi connectivity index (χ2n) is 6.43. The minimum absolute atomic E-state index is 0.130. The fourth-order valence-electron chi connectivity index (χ4n) is 3.33. The van der Waals surface area contributed by atoms with Crippen LogP contribution in [0.5, 0.6) is 0 Å². The Balaban J connectivity index is 1.96. The Labute approximate surface area is 167 Å². The third-order valence-corrected chi connectivity index (χ3v) is 5.05. The summed E-state index contributed by atoms with van der Waals surface area (Å²) in [5, 5.41) is 3.86. The number of benzene rings is 3. The van der Waals surface area contributed by atoms with E-state index in [9.17, 15) is 9.59 Å². The number of carbonyl (C=O) groups is 1. The van der Waals surface area contributed by atoms with Crippen LogP contribution in [0.2, 0.25) is 5.02 Å². The van der Waals surface area contributed by atoms with Gasteiger partial charge in [-0.3, -0.25) is 9.59 Å². The molecule has 0 aliphatic rings. The number of hydrogen-bond donors (Lipinski definition) is 1. The molecule has 0 aliphatic heterocycles. The van der Waals surface area contributed by atoms with E-state index in [1.54, 1.807) is 30.3 Å². The van der Waals surface area contributed by atoms with Gasteiger partial charge in [0.2, 0.25) is 0 Å². The molecule has 1 amide bonds. The summed E-state index contributed by atoms with van der Waals surface area (Å²) in [6, 6.07) is 23.5. The molecule has 4 nitrogen and oxygen atoms in total. The van der Waals surface area contributed by atoms with Crippen LogP contribution in [0.25, 0.3) is 22.0 Å². The number of hydrogen-bond acceptors (Lipinski definition) is 2. The predicted molar refractivity (Wildman–Crippen MR) is 114 cm³/mol. The Morgan fingerprint density at radius 2 is 1.54 bits per heavy atom. The predicted octanol–water partition coefficient (Wildman–Crippen LogP) is 5.11. The molecular formula is C23H17ClN2O2. The van der Waals surface area contributed by atoms with Gasteiger partial charge in [-0.1, -0.05) is 66.2 Å². The van der Waals surface area contributed by atoms with E-state index in [4.69, 9.17) is 11.6 Å². The van der Waals surface area contributed by atoms with Crippen molar-refractivity contribution in [1.82, 2.24) is 4.57 Å². The van der Waals surface area contributed by atoms with Crippen molar-refractivity contribution in [2.75, 3.05) is 5.32 Å². The summed E-state index contributed by atoms with van der Waals surface area (Å²) >= 11 is 6.18. The average molecular weight is 389 g/mol. The van der Waals surface area contributed by atoms with Crippen LogP contribution in [0.4, 0.5) is 5.82 Å². The largest absolute Gasteiger partial charge is 0.330 e. The lowest BCUT2D eigenvalue weighted by atomic mass is 10.0. The van der Waals surface area contributed by atoms with Gasteiger partial charge in [0.1, 0.15) is 5.82 Å². The van der Waals surface area contributed by atoms with Crippen molar-refractivity contribution < 1.29 is 4.79 Å². The molecule has 28 heavy (non-hydrogen) atoms. The lowest BCUT2D eigenvalue weighted by Gasteiger charge is -2.18. The first-order valence-corrected chi connectivity index (χ1v) is 9.19. The Bertz CT molecular complexity index is 1250. The first-order chi connectivity index (χ1) is 13.6. The van der Waals surface area contributed by atoms with Gasteiger partial charge in [-0.25, -0.2) is 0 Å². The molecule has 1 aromatic heterocycles. The summed E-state index contributed by atoms with van der Waals surface area (Å²) in [4.78, 5) is 26.2. The van der Waals surface area contributed by atoms with Gasteiger partial charge < -0.3 is 9.88 Å². The number of anilines is 1. The van der Waals surface area contributed by atoms with Crippen molar-refractivity contribution in [2.45, 2.75) is 0 Å². The molecule has 5 heteroatoms. The Hall–Kier alpha value is -3.37. The van der Waals surface area contributed by atoms with Crippen molar-refractivity contribution in [1.29, 1.82) is 0 Å². The van der Waals surface area contributed by atoms with Gasteiger partial charge in [-0.15, -0.1) is 0 Å². The number of nitrogens with one attached hydrogen (secondary N) is 1. The number of rotatable bonds is 3. The normalized spacial score (nSPS) is 10.8. The number of halogens is 1. The van der Waals surface area contributed by atoms with Crippen LogP contribution in [0, 0.1) is 0 Å². The highest BCUT2D eigenvalue weighted by Gasteiger charge is 2.20. The lowest BCUT2D eigenvalue weighted by Crippen LogP contribution is -2.21. The number of pyridine rings is 1. The molecule has 4 rings (SSSR count). The van der Waals surface area contributed by atoms with Gasteiger partial charge in [-0.05, 0) is 29.8 Å². The topological polar surface area (TPSA) is 51.1 Å². The molecule has 0 aliphatic carbocycles. The van der Waals surface area contributed by atoms with E-state index < -0.39 is 0 Å². The van der Waals surface area contributed by atoms with Gasteiger partial charge in [0.25, 0.3) is 5.91 Å². The summed E-state index contributed by atoms with van der Waals surface area (Å²) in [5.41, 5.74) is 2.14. The monoisotopic (exact) mass is 388 g/mol. The molecule has 0 fully saturated rings. The first kappa shape index (κ1) is 18.0. The molecule has 3 aromatic carbocycles. The summed E-state index contributed by atoms with van der Waals surface area (Å²) in [5.74, 6) is 0.0629. The van der Waals surface area contributed by atoms with E-state index in [-0.39, 0.29) is 11.3 Å². The van der Waals surface area contributed by atoms with Crippen LogP contribution in [-0.2, 0) is 7.05 Å². The smallest absolute Gasteiger partial charge is 0.258 e. The van der Waals surface area contributed by atoms with E-state index in [0.29, 0.717) is 27.4 Å². The minimum atomic E-state index is -0.368. The SMILES string of the molecule is Cn1c(NC(=O)c2ccccc2Cl)c(-c2ccccc2)c(=O)c2ccccc21. The van der Waals surface area contributed by atoms with E-state index in [1.807, 2.05) is 60.1 Å². The van der Waals surface area contributed by atoms with E-state index in [0.717, 1.165) is 11.1 Å². The van der Waals surface area contributed by atoms with Crippen molar-refractivity contribution in [3.05, 3.63) is 99.7 Å². The number of fused-ring (bicyclic) bond motifs is 1. The second kappa shape index (κ2) is 7.33. The van der Waals surface area contributed by atoms with Crippen LogP contribution >= 0.6 is 11.6 Å². The quantitative estimate of drug-likeness (QED) is 0.530. The average Bonchev–Trinajstić information content (AvgIpc) is 2.73. The van der Waals surface area contributed by atoms with Crippen molar-refractivity contribution in [2.24, 2.45) is 7.05 Å². The fourth-order valence-corrected chi connectivity index (χ4v) is 3.55. The maximum absolute atomic E-state index is 13.3. The number of aromatic nitrogens is 1. The Kier molecular flexibility index (Phi) is 4.72. The second-order valence-corrected chi connectivity index (χ2v) is 6.84. The zero-order valence-corrected chi connectivity index (χ0v) is 15.9. The molecule has 1 N–H and O–H groups in total. The highest BCUT2D eigenvalue weighted by atomic mass is 35.5. The maximum atomic E-state index is 13.3. The molecule has 0 atom stereocenters. The summed E-state index contributed by atoms with van der Waals surface area (Å²) in [6.45, 7) is 0. The molecule has 0 spiro atoms. The third kappa shape index (κ3) is 3.08. The molecule has 0 saturated carbocycles. The van der Waals surface area contributed by atoms with Gasteiger partial charge >= 0.3 is 0 Å². The zero-order valence-electron chi connectivity index (χ0n) is 15.1. The number of aryl methyl sites for hydroxylation is 1. The van der Waals surface area contributed by atoms with Crippen molar-refractivity contribution >= 4 is 34.2 Å². The third-order valence-electron chi connectivity index (χ3n) is 4.72. The minimum Gasteiger partial charge on any atom is -0.330 e. The van der Waals surface area contributed by atoms with Crippen molar-refractivity contribution in [3.8, 4) is 11.1 Å². The molecule has 0 unspecified atom stereocenters. The van der Waals surface area contributed by atoms with Crippen LogP contribution in [-0.4, -0.2) is 10.5 Å². The van der Waals surface area contributed by atoms with Gasteiger partial charge in [0.05, 0.1) is 21.7 Å². The van der Waals surface area contributed by atoms with Crippen LogP contribution < -0.4 is 10.7 Å². The van der Waals surface area contributed by atoms with Crippen LogP contribution in [0.15, 0.2) is 83.7 Å². The fraction of sp³-hybridized carbons (Fsp3) is 0.0435. The summed E-state index contributed by atoms with van der Waals surface area (Å²) < 4.78 is 1.83. The Morgan fingerprint density at radius 1 is 0.893 bits per heavy atom. The lowest BCUT2D eigenvalue weighted by molar-refractivity contribution is 0.102. The summed E-state index contributed by atoms with van der Waals surface area (Å²) in [6.07, 6.45) is 0. The van der Waals surface area contributed by atoms with E-state index >= 15 is 0 Å². The standard InChI is InChI=1S/C23H17ClN2O2/c1-26-19-14-8-6-12-17(19)21(27)20(15-9-3-2-4-10-15)22(26)25-23(28)16-11-5-7-13-18(16)24/h2-14H,1H3,(H,25,28). The molecule has 138 valence electrons. The van der Waals surface area contributed by atoms with Gasteiger partial charge in [0, 0.05) is 12.4 Å². The van der Waals surface area contributed by atoms with Crippen LogP contribution in [0.3, 0.4) is 0 Å². The molecule has 0 bridgehead atoms. The molecule has 4 aromatic rings. The van der Waals surface area contributed by atoms with Crippen molar-refractivity contribution in [3.63, 3.8) is 0 Å². The zero-order chi connectivity index (χ0) is 19.7. The highest BCUT2D eigenvalue weighted by Crippen LogP contribution is 2.29. The number of carbonyl (C=O) groups excluding carboxylic acids is 1. The number of nitrogens with zero attached hydrogens (tertiary/aromatic N) is 1. The maximum Gasteiger partial charge on any atom is 0.258 e. The number of para-hydroxylation sites is 1. The summed E-state index contributed by atoms with van der Waals surface area (Å²) in [7, 11) is 1.83. The highest BCUT2D eigenvalue weighted by molar-refractivity contribution is 6.34. The van der Waals surface area contributed by atoms with Gasteiger partial charge in [-0.2, -0.15) is 0 Å². The van der Waals surface area contributed by atoms with Gasteiger partial charge in [0.15, 0.2) is 5.43 Å². The molecule has 0 radical (unpaired) electrons.